The van der Waals surface area contributed by atoms with Gasteiger partial charge in [0.25, 0.3) is 0 Å². The molecule has 22 heavy (non-hydrogen) atoms. The number of rotatable bonds is 2. The molecule has 0 aliphatic carbocycles. The van der Waals surface area contributed by atoms with Crippen molar-refractivity contribution in [1.82, 2.24) is 0 Å². The molecule has 0 aliphatic heterocycles. The second kappa shape index (κ2) is 7.08. The lowest BCUT2D eigenvalue weighted by Gasteiger charge is -2.17. The third kappa shape index (κ3) is 6.00. The fraction of sp³-hybridized carbons (Fsp3) is 0.400. The fourth-order valence-electron chi connectivity index (χ4n) is 1.99. The van der Waals surface area contributed by atoms with Crippen LogP contribution in [0.3, 0.4) is 0 Å². The van der Waals surface area contributed by atoms with E-state index in [2.05, 4.69) is 0 Å². The van der Waals surface area contributed by atoms with E-state index in [9.17, 15) is 10.2 Å². The zero-order valence-corrected chi connectivity index (χ0v) is 14.5. The first-order valence-electron chi connectivity index (χ1n) is 7.59. The van der Waals surface area contributed by atoms with Gasteiger partial charge in [-0.15, -0.1) is 0 Å². The Bertz CT molecular complexity index is 584. The maximum atomic E-state index is 9.61. The molecule has 0 fully saturated rings. The van der Waals surface area contributed by atoms with Gasteiger partial charge in [-0.05, 0) is 52.7 Å². The summed E-state index contributed by atoms with van der Waals surface area (Å²) >= 11 is 0. The van der Waals surface area contributed by atoms with E-state index in [4.69, 9.17) is 0 Å². The second-order valence-corrected chi connectivity index (χ2v) is 6.85. The van der Waals surface area contributed by atoms with Crippen LogP contribution >= 0.6 is 0 Å². The average molecular weight is 300 g/mol. The summed E-state index contributed by atoms with van der Waals surface area (Å²) in [6, 6.07) is 15.8. The smallest absolute Gasteiger partial charge is 0.0840 e. The summed E-state index contributed by atoms with van der Waals surface area (Å²) in [5.74, 6) is 0. The molecule has 2 heteroatoms. The monoisotopic (exact) mass is 300 g/mol. The summed E-state index contributed by atoms with van der Waals surface area (Å²) in [6.07, 6.45) is 0. The van der Waals surface area contributed by atoms with Gasteiger partial charge < -0.3 is 10.2 Å². The van der Waals surface area contributed by atoms with Gasteiger partial charge in [-0.1, -0.05) is 59.7 Å². The molecule has 2 N–H and O–H groups in total. The molecule has 0 atom stereocenters. The quantitative estimate of drug-likeness (QED) is 0.860. The van der Waals surface area contributed by atoms with Crippen molar-refractivity contribution >= 4 is 0 Å². The maximum Gasteiger partial charge on any atom is 0.0840 e. The van der Waals surface area contributed by atoms with Crippen LogP contribution in [-0.4, -0.2) is 10.2 Å². The first kappa shape index (κ1) is 18.4. The molecule has 0 heterocycles. The number of hydrogen-bond acceptors (Lipinski definition) is 2. The highest BCUT2D eigenvalue weighted by Gasteiger charge is 2.15. The molecule has 0 aliphatic rings. The Balaban J connectivity index is 0.000000220. The molecular weight excluding hydrogens is 272 g/mol. The van der Waals surface area contributed by atoms with Gasteiger partial charge >= 0.3 is 0 Å². The molecule has 2 aromatic carbocycles. The molecule has 0 bridgehead atoms. The van der Waals surface area contributed by atoms with Crippen LogP contribution in [0.2, 0.25) is 0 Å². The summed E-state index contributed by atoms with van der Waals surface area (Å²) in [6.45, 7) is 11.2. The summed E-state index contributed by atoms with van der Waals surface area (Å²) < 4.78 is 0. The van der Waals surface area contributed by atoms with Crippen LogP contribution in [0.25, 0.3) is 0 Å². The Labute approximate surface area is 134 Å². The van der Waals surface area contributed by atoms with Crippen LogP contribution in [0.5, 0.6) is 0 Å². The Hall–Kier alpha value is -1.64. The minimum Gasteiger partial charge on any atom is -0.386 e. The Morgan fingerprint density at radius 1 is 0.636 bits per heavy atom. The molecule has 2 rings (SSSR count). The molecule has 120 valence electrons. The highest BCUT2D eigenvalue weighted by molar-refractivity contribution is 5.26. The van der Waals surface area contributed by atoms with E-state index in [1.165, 1.54) is 11.1 Å². The van der Waals surface area contributed by atoms with E-state index in [0.29, 0.717) is 0 Å². The lowest BCUT2D eigenvalue weighted by Crippen LogP contribution is -2.15. The predicted molar refractivity (Wildman–Crippen MR) is 92.8 cm³/mol. The molecule has 0 saturated heterocycles. The minimum absolute atomic E-state index is 0.715. The summed E-state index contributed by atoms with van der Waals surface area (Å²) in [7, 11) is 0. The largest absolute Gasteiger partial charge is 0.386 e. The average Bonchev–Trinajstić information content (AvgIpc) is 2.38. The molecule has 0 aromatic heterocycles. The minimum atomic E-state index is -0.716. The second-order valence-electron chi connectivity index (χ2n) is 6.85. The van der Waals surface area contributed by atoms with Crippen LogP contribution in [-0.2, 0) is 11.2 Å². The van der Waals surface area contributed by atoms with Crippen LogP contribution in [0.1, 0.15) is 49.9 Å². The fourth-order valence-corrected chi connectivity index (χ4v) is 1.99. The lowest BCUT2D eigenvalue weighted by atomic mass is 9.97. The Kier molecular flexibility index (Phi) is 5.92. The molecule has 2 aromatic rings. The molecular formula is C20H28O2. The van der Waals surface area contributed by atoms with E-state index >= 15 is 0 Å². The zero-order chi connectivity index (χ0) is 17.0. The third-order valence-corrected chi connectivity index (χ3v) is 3.48. The van der Waals surface area contributed by atoms with Crippen molar-refractivity contribution < 1.29 is 10.2 Å². The Morgan fingerprint density at radius 3 is 1.50 bits per heavy atom. The van der Waals surface area contributed by atoms with Gasteiger partial charge in [0.15, 0.2) is 0 Å². The zero-order valence-electron chi connectivity index (χ0n) is 14.5. The van der Waals surface area contributed by atoms with Gasteiger partial charge in [0.05, 0.1) is 11.2 Å². The molecule has 2 nitrogen and oxygen atoms in total. The molecule has 0 unspecified atom stereocenters. The normalized spacial score (nSPS) is 11.6. The SMILES string of the molecule is Cc1ccc(C(C)(C)O)cc1.Cc1cccc(C(C)(C)O)c1. The lowest BCUT2D eigenvalue weighted by molar-refractivity contribution is 0.0780. The van der Waals surface area contributed by atoms with Crippen molar-refractivity contribution in [3.63, 3.8) is 0 Å². The first-order chi connectivity index (χ1) is 10.00. The highest BCUT2D eigenvalue weighted by atomic mass is 16.3. The number of hydrogen-bond donors (Lipinski definition) is 2. The van der Waals surface area contributed by atoms with Crippen molar-refractivity contribution in [2.75, 3.05) is 0 Å². The van der Waals surface area contributed by atoms with E-state index < -0.39 is 11.2 Å². The number of aliphatic hydroxyl groups is 2. The van der Waals surface area contributed by atoms with E-state index in [1.807, 2.05) is 62.4 Å². The maximum absolute atomic E-state index is 9.61. The summed E-state index contributed by atoms with van der Waals surface area (Å²) in [5, 5.41) is 19.2. The number of aryl methyl sites for hydroxylation is 2. The summed E-state index contributed by atoms with van der Waals surface area (Å²) in [5.41, 5.74) is 2.91. The van der Waals surface area contributed by atoms with Crippen LogP contribution < -0.4 is 0 Å². The first-order valence-corrected chi connectivity index (χ1v) is 7.59. The predicted octanol–water partition coefficient (Wildman–Crippen LogP) is 4.44. The van der Waals surface area contributed by atoms with Crippen molar-refractivity contribution in [1.29, 1.82) is 0 Å². The standard InChI is InChI=1S/2C10H14O/c1-8-4-6-9(7-5-8)10(2,3)11;1-8-5-4-6-9(7-8)10(2,3)11/h2*4-7,11H,1-3H3. The summed E-state index contributed by atoms with van der Waals surface area (Å²) in [4.78, 5) is 0. The van der Waals surface area contributed by atoms with Crippen LogP contribution in [0.15, 0.2) is 48.5 Å². The van der Waals surface area contributed by atoms with Gasteiger partial charge in [-0.3, -0.25) is 0 Å². The van der Waals surface area contributed by atoms with Crippen molar-refractivity contribution in [2.45, 2.75) is 52.7 Å². The van der Waals surface area contributed by atoms with Crippen molar-refractivity contribution in [3.05, 3.63) is 70.8 Å². The molecule has 0 radical (unpaired) electrons. The van der Waals surface area contributed by atoms with Crippen LogP contribution in [0, 0.1) is 13.8 Å². The third-order valence-electron chi connectivity index (χ3n) is 3.48. The molecule has 0 spiro atoms. The van der Waals surface area contributed by atoms with E-state index in [-0.39, 0.29) is 0 Å². The Morgan fingerprint density at radius 2 is 1.14 bits per heavy atom. The van der Waals surface area contributed by atoms with Gasteiger partial charge in [-0.2, -0.15) is 0 Å². The highest BCUT2D eigenvalue weighted by Crippen LogP contribution is 2.20. The van der Waals surface area contributed by atoms with Crippen molar-refractivity contribution in [2.24, 2.45) is 0 Å². The number of benzene rings is 2. The van der Waals surface area contributed by atoms with Crippen molar-refractivity contribution in [3.8, 4) is 0 Å². The topological polar surface area (TPSA) is 40.5 Å². The van der Waals surface area contributed by atoms with Gasteiger partial charge in [-0.25, -0.2) is 0 Å². The molecule has 0 saturated carbocycles. The van der Waals surface area contributed by atoms with Gasteiger partial charge in [0, 0.05) is 0 Å². The van der Waals surface area contributed by atoms with E-state index in [1.54, 1.807) is 27.7 Å². The van der Waals surface area contributed by atoms with Gasteiger partial charge in [0.1, 0.15) is 0 Å². The van der Waals surface area contributed by atoms with Crippen LogP contribution in [0.4, 0.5) is 0 Å². The van der Waals surface area contributed by atoms with Gasteiger partial charge in [0.2, 0.25) is 0 Å². The van der Waals surface area contributed by atoms with E-state index in [0.717, 1.165) is 11.1 Å². The molecule has 0 amide bonds.